The van der Waals surface area contributed by atoms with Gasteiger partial charge in [-0.2, -0.15) is 0 Å². The highest BCUT2D eigenvalue weighted by atomic mass is 32.2. The van der Waals surface area contributed by atoms with Crippen molar-refractivity contribution in [3.63, 3.8) is 0 Å². The second-order valence-corrected chi connectivity index (χ2v) is 10.8. The van der Waals surface area contributed by atoms with E-state index in [1.54, 1.807) is 32.9 Å². The molecule has 1 aliphatic carbocycles. The summed E-state index contributed by atoms with van der Waals surface area (Å²) in [7, 11) is -4.04. The predicted molar refractivity (Wildman–Crippen MR) is 134 cm³/mol. The second-order valence-electron chi connectivity index (χ2n) is 8.76. The van der Waals surface area contributed by atoms with E-state index in [1.807, 2.05) is 13.8 Å². The topological polar surface area (TPSA) is 131 Å². The van der Waals surface area contributed by atoms with E-state index in [2.05, 4.69) is 15.4 Å². The van der Waals surface area contributed by atoms with Crippen molar-refractivity contribution in [3.8, 4) is 0 Å². The molecule has 1 saturated carbocycles. The number of halogens is 1. The monoisotopic (exact) mass is 512 g/mol. The summed E-state index contributed by atoms with van der Waals surface area (Å²) < 4.78 is 42.8. The molecule has 196 valence electrons. The molecule has 9 nitrogen and oxygen atoms in total. The number of hydrogen-bond donors (Lipinski definition) is 5. The highest BCUT2D eigenvalue weighted by Gasteiger charge is 2.56. The van der Waals surface area contributed by atoms with Crippen LogP contribution in [-0.4, -0.2) is 60.5 Å². The van der Waals surface area contributed by atoms with E-state index in [1.165, 1.54) is 11.0 Å². The Hall–Kier alpha value is -2.63. The molecule has 0 aromatic heterocycles. The van der Waals surface area contributed by atoms with Crippen molar-refractivity contribution in [2.45, 2.75) is 64.7 Å². The Bertz CT molecular complexity index is 1080. The summed E-state index contributed by atoms with van der Waals surface area (Å²) in [6.45, 7) is 9.46. The number of aryl methyl sites for hydroxylation is 1. The molecule has 1 saturated heterocycles. The van der Waals surface area contributed by atoms with Crippen LogP contribution in [0.3, 0.4) is 0 Å². The lowest BCUT2D eigenvalue weighted by Crippen LogP contribution is -2.41. The summed E-state index contributed by atoms with van der Waals surface area (Å²) >= 11 is 0. The van der Waals surface area contributed by atoms with Gasteiger partial charge in [0.2, 0.25) is 16.4 Å². The largest absolute Gasteiger partial charge is 0.394 e. The quantitative estimate of drug-likeness (QED) is 0.304. The van der Waals surface area contributed by atoms with Crippen LogP contribution in [0.2, 0.25) is 0 Å². The minimum Gasteiger partial charge on any atom is -0.394 e. The highest BCUT2D eigenvalue weighted by Crippen LogP contribution is 2.47. The van der Waals surface area contributed by atoms with E-state index in [0.29, 0.717) is 43.6 Å². The molecule has 35 heavy (non-hydrogen) atoms. The minimum atomic E-state index is -4.04. The Morgan fingerprint density at radius 1 is 1.31 bits per heavy atom. The maximum Gasteiger partial charge on any atom is 0.238 e. The number of anilines is 1. The van der Waals surface area contributed by atoms with Crippen LogP contribution in [0.15, 0.2) is 41.0 Å². The standard InChI is InChI=1S/C22H31FN4O5S.C2H6/c1-14(2)19(25-18-5-4-15(3)10-17(18)23)20(21-24-8-9-27(21)13-29)26-33(31,32)22(6-7-22)11-16(30)12-28;1-2/h4-5,10,13,16,24-26,28,30H,6-9,11-12H2,1-3H3;1-2H3/b21-20+;. The Morgan fingerprint density at radius 3 is 2.49 bits per heavy atom. The molecule has 1 aliphatic heterocycles. The van der Waals surface area contributed by atoms with Gasteiger partial charge in [0.25, 0.3) is 0 Å². The fourth-order valence-electron chi connectivity index (χ4n) is 3.82. The number of carbonyl (C=O) groups is 1. The van der Waals surface area contributed by atoms with Crippen molar-refractivity contribution in [2.24, 2.45) is 0 Å². The van der Waals surface area contributed by atoms with Crippen molar-refractivity contribution in [1.29, 1.82) is 0 Å². The van der Waals surface area contributed by atoms with Crippen LogP contribution in [-0.2, 0) is 14.8 Å². The molecule has 5 N–H and O–H groups in total. The van der Waals surface area contributed by atoms with Gasteiger partial charge in [0, 0.05) is 13.1 Å². The molecule has 1 aromatic rings. The number of carbonyl (C=O) groups excluding carboxylic acids is 1. The van der Waals surface area contributed by atoms with Gasteiger partial charge in [-0.15, -0.1) is 0 Å². The lowest BCUT2D eigenvalue weighted by Gasteiger charge is -2.26. The summed E-state index contributed by atoms with van der Waals surface area (Å²) in [6.07, 6.45) is -0.0232. The molecule has 0 radical (unpaired) electrons. The first-order valence-corrected chi connectivity index (χ1v) is 13.2. The molecule has 2 aliphatic rings. The highest BCUT2D eigenvalue weighted by molar-refractivity contribution is 7.91. The third-order valence-corrected chi connectivity index (χ3v) is 8.05. The molecular formula is C24H37FN4O5S. The first-order valence-electron chi connectivity index (χ1n) is 11.8. The summed E-state index contributed by atoms with van der Waals surface area (Å²) in [6, 6.07) is 4.65. The van der Waals surface area contributed by atoms with Crippen LogP contribution < -0.4 is 15.4 Å². The molecule has 1 amide bonds. The van der Waals surface area contributed by atoms with Crippen LogP contribution in [0.25, 0.3) is 0 Å². The van der Waals surface area contributed by atoms with Gasteiger partial charge in [-0.1, -0.05) is 25.5 Å². The minimum absolute atomic E-state index is 0.0874. The van der Waals surface area contributed by atoms with Gasteiger partial charge in [0.1, 0.15) is 17.3 Å². The number of nitrogens with zero attached hydrogens (tertiary/aromatic N) is 1. The van der Waals surface area contributed by atoms with Gasteiger partial charge in [0.05, 0.1) is 28.8 Å². The van der Waals surface area contributed by atoms with Crippen molar-refractivity contribution >= 4 is 22.1 Å². The number of sulfonamides is 1. The number of rotatable bonds is 10. The molecule has 2 fully saturated rings. The zero-order valence-electron chi connectivity index (χ0n) is 21.0. The average Bonchev–Trinajstić information content (AvgIpc) is 3.46. The van der Waals surface area contributed by atoms with E-state index in [4.69, 9.17) is 0 Å². The third-order valence-electron chi connectivity index (χ3n) is 5.86. The van der Waals surface area contributed by atoms with Crippen LogP contribution >= 0.6 is 0 Å². The lowest BCUT2D eigenvalue weighted by molar-refractivity contribution is -0.115. The van der Waals surface area contributed by atoms with E-state index in [0.717, 1.165) is 5.56 Å². The molecule has 1 atom stereocenters. The molecule has 1 heterocycles. The SMILES string of the molecule is CC.CC(C)=C(Nc1ccc(C)cc1F)/C(NS(=O)(=O)C1(CC(O)CO)CC1)=C1/NCCN1C=O. The number of nitrogens with one attached hydrogen (secondary N) is 3. The van der Waals surface area contributed by atoms with Crippen LogP contribution in [0, 0.1) is 12.7 Å². The summed E-state index contributed by atoms with van der Waals surface area (Å²) in [5, 5.41) is 25.1. The maximum absolute atomic E-state index is 14.6. The van der Waals surface area contributed by atoms with Gasteiger partial charge in [-0.3, -0.25) is 14.4 Å². The number of aliphatic hydroxyl groups excluding tert-OH is 2. The summed E-state index contributed by atoms with van der Waals surface area (Å²) in [5.41, 5.74) is 1.93. The van der Waals surface area contributed by atoms with E-state index >= 15 is 0 Å². The Kier molecular flexibility index (Phi) is 9.70. The fourth-order valence-corrected chi connectivity index (χ4v) is 5.55. The van der Waals surface area contributed by atoms with E-state index < -0.39 is 33.3 Å². The van der Waals surface area contributed by atoms with E-state index in [-0.39, 0.29) is 23.6 Å². The molecule has 0 bridgehead atoms. The fraction of sp³-hybridized carbons (Fsp3) is 0.542. The number of benzene rings is 1. The second kappa shape index (κ2) is 11.9. The normalized spacial score (nSPS) is 18.5. The average molecular weight is 513 g/mol. The third kappa shape index (κ3) is 6.53. The number of allylic oxidation sites excluding steroid dienone is 1. The van der Waals surface area contributed by atoms with Crippen LogP contribution in [0.1, 0.15) is 52.5 Å². The summed E-state index contributed by atoms with van der Waals surface area (Å²) in [5.74, 6) is -0.249. The number of hydrogen-bond acceptors (Lipinski definition) is 7. The zero-order chi connectivity index (χ0) is 26.4. The lowest BCUT2D eigenvalue weighted by atomic mass is 10.1. The zero-order valence-corrected chi connectivity index (χ0v) is 21.8. The van der Waals surface area contributed by atoms with Gasteiger partial charge < -0.3 is 20.8 Å². The molecule has 1 unspecified atom stereocenters. The molecule has 1 aromatic carbocycles. The Morgan fingerprint density at radius 2 is 1.97 bits per heavy atom. The van der Waals surface area contributed by atoms with Crippen LogP contribution in [0.5, 0.6) is 0 Å². The number of amides is 1. The van der Waals surface area contributed by atoms with Crippen molar-refractivity contribution < 1.29 is 27.8 Å². The van der Waals surface area contributed by atoms with Crippen molar-refractivity contribution in [1.82, 2.24) is 14.9 Å². The number of aliphatic hydroxyl groups is 2. The van der Waals surface area contributed by atoms with Crippen molar-refractivity contribution in [2.75, 3.05) is 25.0 Å². The molecule has 0 spiro atoms. The van der Waals surface area contributed by atoms with Gasteiger partial charge >= 0.3 is 0 Å². The van der Waals surface area contributed by atoms with E-state index in [9.17, 15) is 27.8 Å². The van der Waals surface area contributed by atoms with Gasteiger partial charge in [-0.05, 0) is 57.7 Å². The molecule has 11 heteroatoms. The first-order chi connectivity index (χ1) is 16.5. The smallest absolute Gasteiger partial charge is 0.238 e. The summed E-state index contributed by atoms with van der Waals surface area (Å²) in [4.78, 5) is 13.0. The maximum atomic E-state index is 14.6. The van der Waals surface area contributed by atoms with Gasteiger partial charge in [-0.25, -0.2) is 12.8 Å². The predicted octanol–water partition coefficient (Wildman–Crippen LogP) is 2.29. The Balaban J connectivity index is 0.00000210. The Labute approximate surface area is 207 Å². The molecular weight excluding hydrogens is 475 g/mol. The van der Waals surface area contributed by atoms with Crippen molar-refractivity contribution in [3.05, 3.63) is 52.4 Å². The van der Waals surface area contributed by atoms with Crippen LogP contribution in [0.4, 0.5) is 10.1 Å². The van der Waals surface area contributed by atoms with Gasteiger partial charge in [0.15, 0.2) is 0 Å². The first kappa shape index (κ1) is 28.6. The molecule has 3 rings (SSSR count).